The summed E-state index contributed by atoms with van der Waals surface area (Å²) in [6.07, 6.45) is 9.10. The first-order valence-electron chi connectivity index (χ1n) is 48.8. The fraction of sp³-hybridized carbons (Fsp3) is 0. The van der Waals surface area contributed by atoms with Gasteiger partial charge in [-0.05, 0) is 141 Å². The predicted octanol–water partition coefficient (Wildman–Crippen LogP) is 38.1. The van der Waals surface area contributed by atoms with Crippen LogP contribution in [0.15, 0.2) is 449 Å². The third kappa shape index (κ3) is 11.1. The molecule has 8 heteroatoms. The molecule has 0 bridgehead atoms. The second-order valence-corrected chi connectivity index (χ2v) is 38.1. The monoisotopic (exact) mass is 1820 g/mol. The first-order valence-corrected chi connectivity index (χ1v) is 48.8. The molecular formula is C136H74N8. The van der Waals surface area contributed by atoms with E-state index in [1.54, 1.807) is 0 Å². The smallest absolute Gasteiger partial charge is 0.202 e. The molecule has 8 heterocycles. The molecular weight excluding hydrogens is 1750 g/mol. The van der Waals surface area contributed by atoms with Gasteiger partial charge in [-0.2, -0.15) is 5.26 Å². The quantitative estimate of drug-likeness (QED) is 0.0848. The van der Waals surface area contributed by atoms with Crippen molar-refractivity contribution in [1.82, 2.24) is 17.6 Å². The van der Waals surface area contributed by atoms with E-state index in [1.807, 2.05) is 36.4 Å². The van der Waals surface area contributed by atoms with E-state index in [-0.39, 0.29) is 22.6 Å². The van der Waals surface area contributed by atoms with Crippen molar-refractivity contribution in [2.75, 3.05) is 0 Å². The SMILES string of the molecule is [C-]#[N+]c1c([N+]#[C-])c([N+]#[C-])c2cc3c4c5ccccc5c5ccccc5c4c4c5ccccc5cn4c3cc2c1C#N.c1ccc2c(c1)ccc1c2c2c3ccccc3c3ccccc3c2c2c3ccccc3cn12.c1ccc2c(c1)ccc1c3c4ccccc4c4ccccc4c3c3c4ccccc4cn3c21.c1ccc2c(c1)cn1c2c2c3ccccc3c3ccccc3c2c2c3ccccc3c3ccccc3c21. The summed E-state index contributed by atoms with van der Waals surface area (Å²) in [7, 11) is 0. The Labute approximate surface area is 821 Å². The van der Waals surface area contributed by atoms with Gasteiger partial charge >= 0.3 is 0 Å². The fourth-order valence-corrected chi connectivity index (χ4v) is 25.4. The Hall–Kier alpha value is -20.0. The van der Waals surface area contributed by atoms with Crippen LogP contribution in [0.25, 0.3) is 306 Å². The topological polar surface area (TPSA) is 54.5 Å². The van der Waals surface area contributed by atoms with Gasteiger partial charge in [-0.3, -0.25) is 14.5 Å². The highest BCUT2D eigenvalue weighted by atomic mass is 14.9. The lowest BCUT2D eigenvalue weighted by molar-refractivity contribution is 1.30. The average molecular weight is 1820 g/mol. The van der Waals surface area contributed by atoms with E-state index in [0.29, 0.717) is 10.8 Å². The summed E-state index contributed by atoms with van der Waals surface area (Å²) in [4.78, 5) is 10.8. The molecule has 0 radical (unpaired) electrons. The highest BCUT2D eigenvalue weighted by molar-refractivity contribution is 6.46. The van der Waals surface area contributed by atoms with Crippen molar-refractivity contribution in [2.24, 2.45) is 0 Å². The van der Waals surface area contributed by atoms with Crippen molar-refractivity contribution >= 4 is 309 Å². The first kappa shape index (κ1) is 80.1. The van der Waals surface area contributed by atoms with Crippen molar-refractivity contribution < 1.29 is 0 Å². The van der Waals surface area contributed by atoms with Crippen LogP contribution in [0.3, 0.4) is 0 Å². The summed E-state index contributed by atoms with van der Waals surface area (Å²) in [6, 6.07) is 156. The predicted molar refractivity (Wildman–Crippen MR) is 611 cm³/mol. The van der Waals surface area contributed by atoms with Gasteiger partial charge in [-0.15, -0.1) is 0 Å². The van der Waals surface area contributed by atoms with E-state index < -0.39 is 0 Å². The van der Waals surface area contributed by atoms with Gasteiger partial charge in [-0.1, -0.05) is 413 Å². The van der Waals surface area contributed by atoms with Crippen molar-refractivity contribution in [1.29, 1.82) is 5.26 Å². The van der Waals surface area contributed by atoms with E-state index >= 15 is 0 Å². The molecule has 33 rings (SSSR count). The summed E-state index contributed by atoms with van der Waals surface area (Å²) in [6.45, 7) is 23.5. The Morgan fingerprint density at radius 3 is 0.785 bits per heavy atom. The molecule has 0 aliphatic heterocycles. The number of nitriles is 1. The second-order valence-electron chi connectivity index (χ2n) is 38.1. The molecule has 0 aliphatic rings. The number of fused-ring (bicyclic) bond motifs is 62. The largest absolute Gasteiger partial charge is 0.315 e. The number of aromatic nitrogens is 4. The average Bonchev–Trinajstić information content (AvgIpc) is 1.35. The number of rotatable bonds is 0. The van der Waals surface area contributed by atoms with Crippen molar-refractivity contribution in [2.45, 2.75) is 0 Å². The Balaban J connectivity index is 0.0000000897. The number of pyridine rings is 4. The van der Waals surface area contributed by atoms with Crippen LogP contribution in [0.2, 0.25) is 0 Å². The van der Waals surface area contributed by atoms with Gasteiger partial charge in [0.05, 0.1) is 75.5 Å². The minimum atomic E-state index is -0.0641. The van der Waals surface area contributed by atoms with Crippen LogP contribution < -0.4 is 0 Å². The molecule has 0 atom stereocenters. The van der Waals surface area contributed by atoms with E-state index in [1.165, 1.54) is 222 Å². The molecule has 8 aromatic heterocycles. The Bertz CT molecular complexity index is 11900. The van der Waals surface area contributed by atoms with E-state index in [2.05, 4.69) is 451 Å². The molecule has 25 aromatic carbocycles. The second kappa shape index (κ2) is 30.7. The van der Waals surface area contributed by atoms with Crippen molar-refractivity contribution in [3.8, 4) is 6.07 Å². The molecule has 0 spiro atoms. The van der Waals surface area contributed by atoms with Crippen LogP contribution in [0, 0.1) is 31.0 Å². The van der Waals surface area contributed by atoms with Gasteiger partial charge in [-0.25, -0.2) is 0 Å². The summed E-state index contributed by atoms with van der Waals surface area (Å²) >= 11 is 0. The van der Waals surface area contributed by atoms with Gasteiger partial charge in [0, 0.05) is 143 Å². The lowest BCUT2D eigenvalue weighted by atomic mass is 9.88. The lowest BCUT2D eigenvalue weighted by Gasteiger charge is -2.19. The molecule has 0 aliphatic carbocycles. The van der Waals surface area contributed by atoms with Crippen molar-refractivity contribution in [3.63, 3.8) is 0 Å². The van der Waals surface area contributed by atoms with E-state index in [9.17, 15) is 5.26 Å². The van der Waals surface area contributed by atoms with Crippen LogP contribution >= 0.6 is 0 Å². The molecule has 0 N–H and O–H groups in total. The molecule has 33 aromatic rings. The zero-order valence-corrected chi connectivity index (χ0v) is 77.3. The van der Waals surface area contributed by atoms with Gasteiger partial charge in [0.25, 0.3) is 0 Å². The van der Waals surface area contributed by atoms with E-state index in [0.717, 1.165) is 59.5 Å². The van der Waals surface area contributed by atoms with Crippen LogP contribution in [0.5, 0.6) is 0 Å². The zero-order chi connectivity index (χ0) is 95.0. The molecule has 0 amide bonds. The summed E-state index contributed by atoms with van der Waals surface area (Å²) < 4.78 is 9.54. The molecule has 144 heavy (non-hydrogen) atoms. The minimum absolute atomic E-state index is 0.0634. The summed E-state index contributed by atoms with van der Waals surface area (Å²) in [5, 5.41) is 66.9. The Morgan fingerprint density at radius 2 is 0.410 bits per heavy atom. The summed E-state index contributed by atoms with van der Waals surface area (Å²) in [5.74, 6) is 0. The number of hydrogen-bond donors (Lipinski definition) is 0. The molecule has 658 valence electrons. The Kier molecular flexibility index (Phi) is 17.1. The van der Waals surface area contributed by atoms with Crippen LogP contribution in [0.1, 0.15) is 5.56 Å². The van der Waals surface area contributed by atoms with Crippen molar-refractivity contribution in [3.05, 3.63) is 489 Å². The normalized spacial score (nSPS) is 12.0. The first-order chi connectivity index (χ1) is 71.4. The van der Waals surface area contributed by atoms with E-state index in [4.69, 9.17) is 19.7 Å². The van der Waals surface area contributed by atoms with Gasteiger partial charge in [0.2, 0.25) is 11.4 Å². The van der Waals surface area contributed by atoms with Crippen LogP contribution in [-0.4, -0.2) is 17.6 Å². The molecule has 0 fully saturated rings. The third-order valence-electron chi connectivity index (χ3n) is 31.1. The maximum atomic E-state index is 10.2. The maximum Gasteiger partial charge on any atom is 0.202 e. The van der Waals surface area contributed by atoms with Gasteiger partial charge in [0.1, 0.15) is 0 Å². The zero-order valence-electron chi connectivity index (χ0n) is 77.3. The lowest BCUT2D eigenvalue weighted by Crippen LogP contribution is -1.95. The highest BCUT2D eigenvalue weighted by Gasteiger charge is 2.29. The van der Waals surface area contributed by atoms with Crippen LogP contribution in [-0.2, 0) is 0 Å². The van der Waals surface area contributed by atoms with Crippen LogP contribution in [0.4, 0.5) is 17.1 Å². The number of hydrogen-bond acceptors (Lipinski definition) is 1. The summed E-state index contributed by atoms with van der Waals surface area (Å²) in [5.41, 5.74) is 9.76. The van der Waals surface area contributed by atoms with Gasteiger partial charge in [0.15, 0.2) is 5.69 Å². The maximum absolute atomic E-state index is 10.2. The minimum Gasteiger partial charge on any atom is -0.315 e. The number of benzene rings is 25. The van der Waals surface area contributed by atoms with Gasteiger partial charge < -0.3 is 17.6 Å². The number of nitrogens with zero attached hydrogens (tertiary/aromatic N) is 8. The molecule has 8 nitrogen and oxygen atoms in total. The molecule has 0 saturated heterocycles. The fourth-order valence-electron chi connectivity index (χ4n) is 25.4. The third-order valence-corrected chi connectivity index (χ3v) is 31.1. The highest BCUT2D eigenvalue weighted by Crippen LogP contribution is 2.55. The molecule has 0 unspecified atom stereocenters. The Morgan fingerprint density at radius 1 is 0.160 bits per heavy atom. The molecule has 0 saturated carbocycles. The standard InChI is InChI=1S/C36H15N5.C36H21N.2C32H19N/c1-38-33-27-16-28-30(17-26(27)29(18-37)34(39-2)35(33)40-3)41-19-20-10-4-5-11-21(20)36(41)32-25-15-9-7-13-23(25)22-12-6-8-14-24(22)31(28)32;1-2-12-23-22(11-1)21-37-35(23)33-29-18-8-4-14-25(29)24-13-3-7-17-28(24)32(33)34-30-19-9-5-15-26(30)27-16-6-10-20-31(27)36(34)37;1-3-11-22-20(9-1)17-18-28-29-26-15-7-5-13-24(26)25-14-6-8-16-27(25)30(29)32-23-12-4-2-10-21(23)19-33(32)31(22)28;1-3-11-22-20(9-1)17-18-28-29(22)30-26-15-7-5-13-24(26)25-14-6-8-16-27(25)31(30)32-23-12-4-2-10-21(23)19-33(28)32/h4-17,19H;1-21H;2*1-19H.